The van der Waals surface area contributed by atoms with Crippen molar-refractivity contribution in [3.63, 3.8) is 0 Å². The molecule has 1 saturated heterocycles. The van der Waals surface area contributed by atoms with E-state index in [9.17, 15) is 4.79 Å². The number of amides is 2. The summed E-state index contributed by atoms with van der Waals surface area (Å²) >= 11 is 6.27. The van der Waals surface area contributed by atoms with Crippen molar-refractivity contribution in [1.82, 2.24) is 15.1 Å². The number of carbonyl (C=O) groups excluding carboxylic acids is 1. The molecule has 0 bridgehead atoms. The van der Waals surface area contributed by atoms with E-state index < -0.39 is 0 Å². The number of benzene rings is 2. The third kappa shape index (κ3) is 5.87. The van der Waals surface area contributed by atoms with Crippen molar-refractivity contribution in [3.8, 4) is 0 Å². The minimum Gasteiger partial charge on any atom is -0.352 e. The molecule has 0 aromatic heterocycles. The lowest BCUT2D eigenvalue weighted by atomic mass is 10.2. The van der Waals surface area contributed by atoms with Crippen molar-refractivity contribution in [2.45, 2.75) is 25.9 Å². The maximum atomic E-state index is 12.3. The molecule has 0 atom stereocenters. The van der Waals surface area contributed by atoms with E-state index in [1.807, 2.05) is 65.4 Å². The van der Waals surface area contributed by atoms with Crippen LogP contribution in [0.1, 0.15) is 24.0 Å². The van der Waals surface area contributed by atoms with E-state index in [0.29, 0.717) is 13.1 Å². The number of hydrogen-bond acceptors (Lipinski definition) is 2. The predicted molar refractivity (Wildman–Crippen MR) is 119 cm³/mol. The molecule has 1 aliphatic rings. The minimum absolute atomic E-state index is 0.0251. The number of hydrogen-bond donors (Lipinski definition) is 2. The molecule has 2 aromatic carbocycles. The van der Waals surface area contributed by atoms with Crippen LogP contribution in [0.2, 0.25) is 5.02 Å². The molecule has 0 saturated carbocycles. The van der Waals surface area contributed by atoms with E-state index in [2.05, 4.69) is 15.6 Å². The predicted octanol–water partition coefficient (Wildman–Crippen LogP) is 4.18. The molecule has 154 valence electrons. The number of guanidine groups is 1. The molecule has 2 aromatic rings. The molecule has 1 aliphatic heterocycles. The van der Waals surface area contributed by atoms with E-state index >= 15 is 0 Å². The average molecular weight is 414 g/mol. The number of likely N-dealkylation sites (tertiary alicyclic amines) is 1. The fourth-order valence-electron chi connectivity index (χ4n) is 3.40. The molecule has 0 radical (unpaired) electrons. The first kappa shape index (κ1) is 21.0. The molecule has 0 aliphatic carbocycles. The number of halogens is 1. The highest BCUT2D eigenvalue weighted by molar-refractivity contribution is 6.31. The number of nitrogens with one attached hydrogen (secondary N) is 2. The second kappa shape index (κ2) is 10.2. The van der Waals surface area contributed by atoms with Gasteiger partial charge in [-0.2, -0.15) is 0 Å². The molecule has 2 N–H and O–H groups in total. The molecule has 0 unspecified atom stereocenters. The third-order valence-electron chi connectivity index (χ3n) is 4.96. The maximum Gasteiger partial charge on any atom is 0.321 e. The van der Waals surface area contributed by atoms with E-state index in [4.69, 9.17) is 11.6 Å². The second-order valence-electron chi connectivity index (χ2n) is 7.17. The number of rotatable bonds is 5. The molecule has 1 heterocycles. The van der Waals surface area contributed by atoms with E-state index in [-0.39, 0.29) is 6.03 Å². The van der Waals surface area contributed by atoms with Gasteiger partial charge in [0.1, 0.15) is 0 Å². The zero-order chi connectivity index (χ0) is 20.6. The van der Waals surface area contributed by atoms with Gasteiger partial charge in [-0.1, -0.05) is 41.9 Å². The number of anilines is 1. The Morgan fingerprint density at radius 2 is 1.93 bits per heavy atom. The van der Waals surface area contributed by atoms with E-state index in [1.165, 1.54) is 0 Å². The summed E-state index contributed by atoms with van der Waals surface area (Å²) in [6, 6.07) is 15.7. The summed E-state index contributed by atoms with van der Waals surface area (Å²) < 4.78 is 0. The maximum absolute atomic E-state index is 12.3. The van der Waals surface area contributed by atoms with Gasteiger partial charge in [0.05, 0.1) is 0 Å². The van der Waals surface area contributed by atoms with Gasteiger partial charge in [0.2, 0.25) is 0 Å². The van der Waals surface area contributed by atoms with Crippen LogP contribution in [0.4, 0.5) is 10.5 Å². The average Bonchev–Trinajstić information content (AvgIpc) is 3.26. The van der Waals surface area contributed by atoms with Gasteiger partial charge < -0.3 is 20.4 Å². The molecule has 1 fully saturated rings. The van der Waals surface area contributed by atoms with Crippen LogP contribution in [0.5, 0.6) is 0 Å². The Balaban J connectivity index is 1.56. The largest absolute Gasteiger partial charge is 0.352 e. The van der Waals surface area contributed by atoms with Crippen LogP contribution in [-0.2, 0) is 13.1 Å². The van der Waals surface area contributed by atoms with E-state index in [1.54, 1.807) is 7.05 Å². The molecular weight excluding hydrogens is 386 g/mol. The number of aliphatic imine (C=N–C) groups is 1. The SMILES string of the molecule is CN=C(NCc1cccc(NC(=O)N2CCCC2)c1)N(C)Cc1ccccc1Cl. The lowest BCUT2D eigenvalue weighted by Crippen LogP contribution is -2.38. The standard InChI is InChI=1S/C22H28ClN5O/c1-24-21(27(2)16-18-9-3-4-11-20(18)23)25-15-17-8-7-10-19(14-17)26-22(29)28-12-5-6-13-28/h3-4,7-11,14H,5-6,12-13,15-16H2,1-2H3,(H,24,25)(H,26,29). The summed E-state index contributed by atoms with van der Waals surface area (Å²) in [4.78, 5) is 20.5. The zero-order valence-corrected chi connectivity index (χ0v) is 17.7. The van der Waals surface area contributed by atoms with Crippen molar-refractivity contribution in [3.05, 3.63) is 64.7 Å². The Kier molecular flexibility index (Phi) is 7.36. The van der Waals surface area contributed by atoms with Gasteiger partial charge in [-0.3, -0.25) is 4.99 Å². The molecule has 2 amide bonds. The number of nitrogens with zero attached hydrogens (tertiary/aromatic N) is 3. The Labute approximate surface area is 177 Å². The summed E-state index contributed by atoms with van der Waals surface area (Å²) in [7, 11) is 3.74. The van der Waals surface area contributed by atoms with Gasteiger partial charge in [0.15, 0.2) is 5.96 Å². The van der Waals surface area contributed by atoms with Gasteiger partial charge in [0.25, 0.3) is 0 Å². The first-order chi connectivity index (χ1) is 14.1. The number of carbonyl (C=O) groups is 1. The summed E-state index contributed by atoms with van der Waals surface area (Å²) in [6.45, 7) is 2.93. The smallest absolute Gasteiger partial charge is 0.321 e. The van der Waals surface area contributed by atoms with Crippen molar-refractivity contribution >= 4 is 29.3 Å². The van der Waals surface area contributed by atoms with Gasteiger partial charge in [-0.25, -0.2) is 4.79 Å². The lowest BCUT2D eigenvalue weighted by molar-refractivity contribution is 0.222. The highest BCUT2D eigenvalue weighted by Crippen LogP contribution is 2.17. The number of urea groups is 1. The summed E-state index contributed by atoms with van der Waals surface area (Å²) in [5, 5.41) is 7.11. The molecule has 0 spiro atoms. The Morgan fingerprint density at radius 3 is 2.66 bits per heavy atom. The molecule has 3 rings (SSSR count). The Hall–Kier alpha value is -2.73. The van der Waals surface area contributed by atoms with Crippen LogP contribution in [0.25, 0.3) is 0 Å². The van der Waals surface area contributed by atoms with Crippen LogP contribution < -0.4 is 10.6 Å². The highest BCUT2D eigenvalue weighted by atomic mass is 35.5. The molecule has 6 nitrogen and oxygen atoms in total. The van der Waals surface area contributed by atoms with Crippen LogP contribution in [0, 0.1) is 0 Å². The molecular formula is C22H28ClN5O. The van der Waals surface area contributed by atoms with E-state index in [0.717, 1.165) is 53.7 Å². The summed E-state index contributed by atoms with van der Waals surface area (Å²) in [5.74, 6) is 0.774. The Morgan fingerprint density at radius 1 is 1.17 bits per heavy atom. The van der Waals surface area contributed by atoms with Gasteiger partial charge in [0, 0.05) is 51.0 Å². The van der Waals surface area contributed by atoms with Gasteiger partial charge >= 0.3 is 6.03 Å². The highest BCUT2D eigenvalue weighted by Gasteiger charge is 2.17. The fourth-order valence-corrected chi connectivity index (χ4v) is 3.60. The first-order valence-corrected chi connectivity index (χ1v) is 10.2. The van der Waals surface area contributed by atoms with Crippen molar-refractivity contribution in [2.75, 3.05) is 32.5 Å². The van der Waals surface area contributed by atoms with Crippen LogP contribution in [-0.4, -0.2) is 49.0 Å². The summed E-state index contributed by atoms with van der Waals surface area (Å²) in [5.41, 5.74) is 2.92. The topological polar surface area (TPSA) is 60.0 Å². The van der Waals surface area contributed by atoms with Crippen molar-refractivity contribution in [1.29, 1.82) is 0 Å². The Bertz CT molecular complexity index is 864. The summed E-state index contributed by atoms with van der Waals surface area (Å²) in [6.07, 6.45) is 2.16. The molecule has 7 heteroatoms. The van der Waals surface area contributed by atoms with Crippen LogP contribution in [0.3, 0.4) is 0 Å². The fraction of sp³-hybridized carbons (Fsp3) is 0.364. The first-order valence-electron chi connectivity index (χ1n) is 9.87. The van der Waals surface area contributed by atoms with Crippen LogP contribution in [0.15, 0.2) is 53.5 Å². The van der Waals surface area contributed by atoms with Crippen molar-refractivity contribution < 1.29 is 4.79 Å². The monoisotopic (exact) mass is 413 g/mol. The lowest BCUT2D eigenvalue weighted by Gasteiger charge is -2.23. The quantitative estimate of drug-likeness (QED) is 0.571. The second-order valence-corrected chi connectivity index (χ2v) is 7.58. The normalized spacial score (nSPS) is 14.0. The van der Waals surface area contributed by atoms with Gasteiger partial charge in [-0.15, -0.1) is 0 Å². The van der Waals surface area contributed by atoms with Gasteiger partial charge in [-0.05, 0) is 42.2 Å². The molecule has 29 heavy (non-hydrogen) atoms. The van der Waals surface area contributed by atoms with Crippen molar-refractivity contribution in [2.24, 2.45) is 4.99 Å². The zero-order valence-electron chi connectivity index (χ0n) is 17.0. The minimum atomic E-state index is -0.0251. The third-order valence-corrected chi connectivity index (χ3v) is 5.33. The van der Waals surface area contributed by atoms with Crippen LogP contribution >= 0.6 is 11.6 Å².